The molecule has 0 saturated carbocycles. The van der Waals surface area contributed by atoms with Gasteiger partial charge in [0.25, 0.3) is 0 Å². The van der Waals surface area contributed by atoms with Crippen molar-refractivity contribution in [2.24, 2.45) is 0 Å². The standard InChI is InChI=1S/C31H17F9N2O/c1-2-3-4-19-15-41-28(42-16-19)8-6-18-9-24(34)29(25(35)10-18)31(39,40)43-20-13-22(32)21(23(33)14-20)7-5-17-11-26(36)30(38)27(37)12-17/h9-16H,2-4H2,1H3. The summed E-state index contributed by atoms with van der Waals surface area (Å²) in [7, 11) is 0. The highest BCUT2D eigenvalue weighted by Crippen LogP contribution is 2.36. The Labute approximate surface area is 239 Å². The topological polar surface area (TPSA) is 35.0 Å². The van der Waals surface area contributed by atoms with Crippen molar-refractivity contribution in [1.29, 1.82) is 0 Å². The molecule has 0 aliphatic rings. The molecule has 0 atom stereocenters. The Balaban J connectivity index is 1.54. The monoisotopic (exact) mass is 604 g/mol. The van der Waals surface area contributed by atoms with Crippen molar-refractivity contribution in [2.75, 3.05) is 0 Å². The molecule has 0 spiro atoms. The molecule has 43 heavy (non-hydrogen) atoms. The Morgan fingerprint density at radius 1 is 0.674 bits per heavy atom. The Morgan fingerprint density at radius 3 is 1.72 bits per heavy atom. The number of nitrogens with zero attached hydrogens (tertiary/aromatic N) is 2. The minimum atomic E-state index is -4.74. The van der Waals surface area contributed by atoms with Gasteiger partial charge in [0.1, 0.15) is 34.6 Å². The summed E-state index contributed by atoms with van der Waals surface area (Å²) in [5.74, 6) is -3.95. The van der Waals surface area contributed by atoms with Crippen molar-refractivity contribution in [3.8, 4) is 29.4 Å². The minimum Gasteiger partial charge on any atom is -0.429 e. The van der Waals surface area contributed by atoms with Crippen molar-refractivity contribution in [2.45, 2.75) is 32.3 Å². The smallest absolute Gasteiger partial charge is 0.429 e. The maximum absolute atomic E-state index is 14.8. The Morgan fingerprint density at radius 2 is 1.19 bits per heavy atom. The largest absolute Gasteiger partial charge is 0.432 e. The highest BCUT2D eigenvalue weighted by molar-refractivity contribution is 5.47. The van der Waals surface area contributed by atoms with Crippen LogP contribution >= 0.6 is 0 Å². The first-order valence-electron chi connectivity index (χ1n) is 12.4. The van der Waals surface area contributed by atoms with Crippen LogP contribution < -0.4 is 4.74 Å². The van der Waals surface area contributed by atoms with Gasteiger partial charge in [-0.05, 0) is 48.6 Å². The van der Waals surface area contributed by atoms with Gasteiger partial charge in [0.05, 0.1) is 5.56 Å². The fraction of sp³-hybridized carbons (Fsp3) is 0.161. The molecule has 220 valence electrons. The van der Waals surface area contributed by atoms with Crippen LogP contribution in [0.5, 0.6) is 5.75 Å². The average molecular weight is 604 g/mol. The molecule has 12 heteroatoms. The number of unbranched alkanes of at least 4 members (excludes halogenated alkanes) is 1. The zero-order valence-corrected chi connectivity index (χ0v) is 21.9. The lowest BCUT2D eigenvalue weighted by Gasteiger charge is -2.20. The fourth-order valence-corrected chi connectivity index (χ4v) is 3.67. The first kappa shape index (κ1) is 31.0. The van der Waals surface area contributed by atoms with Crippen LogP contribution in [0.15, 0.2) is 48.8 Å². The van der Waals surface area contributed by atoms with Crippen LogP contribution in [0.4, 0.5) is 39.5 Å². The number of ether oxygens (including phenoxy) is 1. The van der Waals surface area contributed by atoms with Crippen LogP contribution in [0.2, 0.25) is 0 Å². The second kappa shape index (κ2) is 12.9. The second-order valence-corrected chi connectivity index (χ2v) is 8.97. The summed E-state index contributed by atoms with van der Waals surface area (Å²) in [6.45, 7) is 2.02. The van der Waals surface area contributed by atoms with E-state index in [0.29, 0.717) is 24.3 Å². The van der Waals surface area contributed by atoms with Crippen molar-refractivity contribution in [3.63, 3.8) is 0 Å². The molecule has 0 radical (unpaired) electrons. The number of hydrogen-bond acceptors (Lipinski definition) is 3. The summed E-state index contributed by atoms with van der Waals surface area (Å²) in [6.07, 6.45) is 1.02. The van der Waals surface area contributed by atoms with Crippen LogP contribution in [0.3, 0.4) is 0 Å². The molecular formula is C31H17F9N2O. The van der Waals surface area contributed by atoms with E-state index < -0.39 is 69.3 Å². The summed E-state index contributed by atoms with van der Waals surface area (Å²) < 4.78 is 132. The molecule has 3 aromatic carbocycles. The molecule has 1 heterocycles. The van der Waals surface area contributed by atoms with Crippen LogP contribution in [0.1, 0.15) is 53.4 Å². The van der Waals surface area contributed by atoms with E-state index in [1.807, 2.05) is 18.8 Å². The molecule has 0 aliphatic heterocycles. The van der Waals surface area contributed by atoms with Gasteiger partial charge in [0, 0.05) is 35.7 Å². The van der Waals surface area contributed by atoms with Crippen molar-refractivity contribution in [1.82, 2.24) is 9.97 Å². The molecule has 0 aliphatic carbocycles. The van der Waals surface area contributed by atoms with Crippen LogP contribution in [0.25, 0.3) is 0 Å². The molecule has 0 fully saturated rings. The number of alkyl halides is 2. The molecule has 0 bridgehead atoms. The summed E-state index contributed by atoms with van der Waals surface area (Å²) in [5.41, 5.74) is -2.79. The lowest BCUT2D eigenvalue weighted by atomic mass is 10.1. The first-order chi connectivity index (χ1) is 20.4. The average Bonchev–Trinajstić information content (AvgIpc) is 2.93. The SMILES string of the molecule is CCCCc1cnc(C#Cc2cc(F)c(C(F)(F)Oc3cc(F)c(C#Cc4cc(F)c(F)c(F)c4)c(F)c3)c(F)c2)nc1. The van der Waals surface area contributed by atoms with Gasteiger partial charge in [-0.1, -0.05) is 31.1 Å². The summed E-state index contributed by atoms with van der Waals surface area (Å²) >= 11 is 0. The Hall–Kier alpha value is -4.97. The van der Waals surface area contributed by atoms with E-state index in [1.165, 1.54) is 0 Å². The number of benzene rings is 3. The summed E-state index contributed by atoms with van der Waals surface area (Å²) in [6, 6.07) is 2.49. The van der Waals surface area contributed by atoms with Crippen molar-refractivity contribution < 1.29 is 44.3 Å². The van der Waals surface area contributed by atoms with E-state index in [9.17, 15) is 39.5 Å². The number of aryl methyl sites for hydroxylation is 1. The third-order valence-corrected chi connectivity index (χ3v) is 5.75. The van der Waals surface area contributed by atoms with Crippen LogP contribution in [0, 0.1) is 64.4 Å². The van der Waals surface area contributed by atoms with Crippen molar-refractivity contribution >= 4 is 0 Å². The molecule has 0 N–H and O–H groups in total. The lowest BCUT2D eigenvalue weighted by molar-refractivity contribution is -0.189. The zero-order chi connectivity index (χ0) is 31.3. The maximum Gasteiger partial charge on any atom is 0.432 e. The predicted octanol–water partition coefficient (Wildman–Crippen LogP) is 7.72. The van der Waals surface area contributed by atoms with Gasteiger partial charge in [0.15, 0.2) is 17.5 Å². The quantitative estimate of drug-likeness (QED) is 0.128. The second-order valence-electron chi connectivity index (χ2n) is 8.97. The van der Waals surface area contributed by atoms with Crippen LogP contribution in [-0.4, -0.2) is 9.97 Å². The van der Waals surface area contributed by atoms with Crippen LogP contribution in [-0.2, 0) is 12.5 Å². The van der Waals surface area contributed by atoms with Gasteiger partial charge in [0.2, 0.25) is 5.82 Å². The zero-order valence-electron chi connectivity index (χ0n) is 21.9. The highest BCUT2D eigenvalue weighted by Gasteiger charge is 2.41. The van der Waals surface area contributed by atoms with Gasteiger partial charge in [-0.25, -0.2) is 40.7 Å². The van der Waals surface area contributed by atoms with E-state index in [1.54, 1.807) is 12.4 Å². The molecule has 0 amide bonds. The molecule has 3 nitrogen and oxygen atoms in total. The number of halogens is 9. The number of rotatable bonds is 6. The fourth-order valence-electron chi connectivity index (χ4n) is 3.67. The van der Waals surface area contributed by atoms with Crippen molar-refractivity contribution in [3.05, 3.63) is 123 Å². The van der Waals surface area contributed by atoms with E-state index in [4.69, 9.17) is 0 Å². The Bertz CT molecular complexity index is 1730. The van der Waals surface area contributed by atoms with Gasteiger partial charge >= 0.3 is 6.11 Å². The maximum atomic E-state index is 14.8. The van der Waals surface area contributed by atoms with E-state index in [-0.39, 0.29) is 23.5 Å². The number of aromatic nitrogens is 2. The Kier molecular flexibility index (Phi) is 9.30. The molecule has 0 unspecified atom stereocenters. The van der Waals surface area contributed by atoms with Gasteiger partial charge in [-0.3, -0.25) is 0 Å². The molecule has 1 aromatic heterocycles. The third kappa shape index (κ3) is 7.46. The molecule has 4 aromatic rings. The summed E-state index contributed by atoms with van der Waals surface area (Å²) in [5, 5.41) is 0. The molecule has 4 rings (SSSR count). The van der Waals surface area contributed by atoms with E-state index in [0.717, 1.165) is 24.8 Å². The lowest BCUT2D eigenvalue weighted by Crippen LogP contribution is -2.25. The minimum absolute atomic E-state index is 0.0352. The molecule has 0 saturated heterocycles. The number of hydrogen-bond donors (Lipinski definition) is 0. The van der Waals surface area contributed by atoms with Gasteiger partial charge in [-0.2, -0.15) is 8.78 Å². The van der Waals surface area contributed by atoms with E-state index in [2.05, 4.69) is 26.5 Å². The normalized spacial score (nSPS) is 10.9. The third-order valence-electron chi connectivity index (χ3n) is 5.75. The van der Waals surface area contributed by atoms with Gasteiger partial charge < -0.3 is 4.74 Å². The molecular weight excluding hydrogens is 587 g/mol. The van der Waals surface area contributed by atoms with E-state index >= 15 is 0 Å². The van der Waals surface area contributed by atoms with Gasteiger partial charge in [-0.15, -0.1) is 0 Å². The highest BCUT2D eigenvalue weighted by atomic mass is 19.3. The summed E-state index contributed by atoms with van der Waals surface area (Å²) in [4.78, 5) is 8.05. The predicted molar refractivity (Wildman–Crippen MR) is 136 cm³/mol. The first-order valence-corrected chi connectivity index (χ1v) is 12.4.